The molecule has 0 saturated heterocycles. The van der Waals surface area contributed by atoms with Crippen molar-refractivity contribution in [2.75, 3.05) is 5.32 Å². The minimum absolute atomic E-state index is 0.416. The van der Waals surface area contributed by atoms with E-state index in [1.807, 2.05) is 49.4 Å². The van der Waals surface area contributed by atoms with Crippen molar-refractivity contribution >= 4 is 17.5 Å². The maximum Gasteiger partial charge on any atom is 0.313 e. The molecule has 0 fully saturated rings. The van der Waals surface area contributed by atoms with Crippen LogP contribution in [0, 0.1) is 6.92 Å². The molecular weight excluding hydrogens is 342 g/mol. The number of aryl methyl sites for hydroxylation is 2. The Balaban J connectivity index is 1.73. The van der Waals surface area contributed by atoms with Gasteiger partial charge in [-0.05, 0) is 31.0 Å². The van der Waals surface area contributed by atoms with Crippen LogP contribution in [-0.2, 0) is 23.1 Å². The number of rotatable bonds is 5. The Labute approximate surface area is 157 Å². The smallest absolute Gasteiger partial charge is 0.313 e. The van der Waals surface area contributed by atoms with Crippen LogP contribution in [0.15, 0.2) is 61.1 Å². The molecule has 0 radical (unpaired) electrons. The van der Waals surface area contributed by atoms with Crippen LogP contribution in [0.2, 0.25) is 0 Å². The van der Waals surface area contributed by atoms with Crippen LogP contribution in [0.3, 0.4) is 0 Å². The molecule has 7 nitrogen and oxygen atoms in total. The fraction of sp³-hybridized carbons (Fsp3) is 0.200. The number of hydrogen-bond donors (Lipinski definition) is 2. The summed E-state index contributed by atoms with van der Waals surface area (Å²) in [5.74, 6) is -1.46. The second-order valence-corrected chi connectivity index (χ2v) is 6.33. The molecule has 0 aliphatic heterocycles. The number of amides is 2. The van der Waals surface area contributed by atoms with E-state index in [0.717, 1.165) is 11.1 Å². The largest absolute Gasteiger partial charge is 0.339 e. The second-order valence-electron chi connectivity index (χ2n) is 6.33. The number of anilines is 1. The molecule has 1 unspecified atom stereocenters. The normalized spacial score (nSPS) is 11.6. The topological polar surface area (TPSA) is 88.9 Å². The van der Waals surface area contributed by atoms with Crippen molar-refractivity contribution in [1.82, 2.24) is 20.1 Å². The van der Waals surface area contributed by atoms with E-state index in [4.69, 9.17) is 0 Å². The fourth-order valence-corrected chi connectivity index (χ4v) is 2.67. The summed E-state index contributed by atoms with van der Waals surface area (Å²) in [6.45, 7) is 2.02. The van der Waals surface area contributed by atoms with Gasteiger partial charge in [-0.2, -0.15) is 5.10 Å². The summed E-state index contributed by atoms with van der Waals surface area (Å²) >= 11 is 0. The molecule has 1 aromatic carbocycles. The summed E-state index contributed by atoms with van der Waals surface area (Å²) in [6, 6.07) is 13.1. The standard InChI is InChI=1S/C20H21N5O2/c1-14-6-8-15(9-7-14)11-18(17-5-3-4-10-21-17)24-20(27)19(26)23-16-12-22-25(2)13-16/h3-10,12-13,18H,11H2,1-2H3,(H,23,26)(H,24,27). The molecule has 0 aliphatic rings. The summed E-state index contributed by atoms with van der Waals surface area (Å²) in [7, 11) is 1.73. The third kappa shape index (κ3) is 5.01. The first-order chi connectivity index (χ1) is 13.0. The predicted octanol–water partition coefficient (Wildman–Crippen LogP) is 2.16. The molecule has 3 aromatic rings. The first-order valence-corrected chi connectivity index (χ1v) is 8.58. The summed E-state index contributed by atoms with van der Waals surface area (Å²) < 4.78 is 1.54. The van der Waals surface area contributed by atoms with Crippen molar-refractivity contribution in [1.29, 1.82) is 0 Å². The van der Waals surface area contributed by atoms with Gasteiger partial charge >= 0.3 is 11.8 Å². The van der Waals surface area contributed by atoms with Gasteiger partial charge in [0, 0.05) is 19.4 Å². The number of nitrogens with zero attached hydrogens (tertiary/aromatic N) is 3. The van der Waals surface area contributed by atoms with E-state index in [2.05, 4.69) is 20.7 Å². The average molecular weight is 363 g/mol. The van der Waals surface area contributed by atoms with Gasteiger partial charge in [0.15, 0.2) is 0 Å². The third-order valence-corrected chi connectivity index (χ3v) is 4.08. The van der Waals surface area contributed by atoms with Crippen molar-refractivity contribution in [3.8, 4) is 0 Å². The highest BCUT2D eigenvalue weighted by Crippen LogP contribution is 2.17. The van der Waals surface area contributed by atoms with Crippen LogP contribution >= 0.6 is 0 Å². The first kappa shape index (κ1) is 18.3. The number of pyridine rings is 1. The molecule has 7 heteroatoms. The van der Waals surface area contributed by atoms with Crippen LogP contribution in [-0.4, -0.2) is 26.6 Å². The quantitative estimate of drug-likeness (QED) is 0.680. The van der Waals surface area contributed by atoms with Gasteiger partial charge in [-0.15, -0.1) is 0 Å². The molecular formula is C20H21N5O2. The Kier molecular flexibility index (Phi) is 5.61. The van der Waals surface area contributed by atoms with Crippen molar-refractivity contribution in [3.63, 3.8) is 0 Å². The van der Waals surface area contributed by atoms with Gasteiger partial charge in [-0.25, -0.2) is 0 Å². The van der Waals surface area contributed by atoms with Crippen LogP contribution in [0.5, 0.6) is 0 Å². The number of carbonyl (C=O) groups excluding carboxylic acids is 2. The Morgan fingerprint density at radius 2 is 1.89 bits per heavy atom. The zero-order valence-corrected chi connectivity index (χ0v) is 15.2. The lowest BCUT2D eigenvalue weighted by molar-refractivity contribution is -0.136. The van der Waals surface area contributed by atoms with Crippen molar-refractivity contribution < 1.29 is 9.59 Å². The molecule has 3 rings (SSSR count). The molecule has 2 amide bonds. The number of hydrogen-bond acceptors (Lipinski definition) is 4. The summed E-state index contributed by atoms with van der Waals surface area (Å²) in [6.07, 6.45) is 5.30. The predicted molar refractivity (Wildman–Crippen MR) is 102 cm³/mol. The number of carbonyl (C=O) groups is 2. The third-order valence-electron chi connectivity index (χ3n) is 4.08. The minimum Gasteiger partial charge on any atom is -0.339 e. The van der Waals surface area contributed by atoms with Crippen LogP contribution in [0.25, 0.3) is 0 Å². The van der Waals surface area contributed by atoms with Crippen molar-refractivity contribution in [3.05, 3.63) is 77.9 Å². The molecule has 27 heavy (non-hydrogen) atoms. The SMILES string of the molecule is Cc1ccc(CC(NC(=O)C(=O)Nc2cnn(C)c2)c2ccccn2)cc1. The van der Waals surface area contributed by atoms with Crippen LogP contribution in [0.1, 0.15) is 22.9 Å². The summed E-state index contributed by atoms with van der Waals surface area (Å²) in [5.41, 5.74) is 3.36. The lowest BCUT2D eigenvalue weighted by Gasteiger charge is -2.18. The Morgan fingerprint density at radius 1 is 1.11 bits per heavy atom. The molecule has 2 heterocycles. The number of nitrogens with one attached hydrogen (secondary N) is 2. The van der Waals surface area contributed by atoms with E-state index >= 15 is 0 Å². The molecule has 0 bridgehead atoms. The summed E-state index contributed by atoms with van der Waals surface area (Å²) in [4.78, 5) is 28.9. The maximum atomic E-state index is 12.4. The van der Waals surface area contributed by atoms with Gasteiger partial charge in [0.1, 0.15) is 0 Å². The highest BCUT2D eigenvalue weighted by Gasteiger charge is 2.21. The Bertz CT molecular complexity index is 919. The van der Waals surface area contributed by atoms with E-state index < -0.39 is 17.9 Å². The Morgan fingerprint density at radius 3 is 2.52 bits per heavy atom. The monoisotopic (exact) mass is 363 g/mol. The van der Waals surface area contributed by atoms with Gasteiger partial charge in [0.05, 0.1) is 23.6 Å². The minimum atomic E-state index is -0.743. The summed E-state index contributed by atoms with van der Waals surface area (Å²) in [5, 5.41) is 9.28. The van der Waals surface area contributed by atoms with E-state index in [-0.39, 0.29) is 0 Å². The molecule has 0 saturated carbocycles. The Hall–Kier alpha value is -3.48. The molecule has 2 aromatic heterocycles. The zero-order valence-electron chi connectivity index (χ0n) is 15.2. The number of benzene rings is 1. The highest BCUT2D eigenvalue weighted by molar-refractivity contribution is 6.39. The fourth-order valence-electron chi connectivity index (χ4n) is 2.67. The molecule has 0 spiro atoms. The van der Waals surface area contributed by atoms with E-state index in [1.54, 1.807) is 24.1 Å². The molecule has 1 atom stereocenters. The first-order valence-electron chi connectivity index (χ1n) is 8.58. The number of aromatic nitrogens is 3. The van der Waals surface area contributed by atoms with Gasteiger partial charge in [-0.3, -0.25) is 19.3 Å². The molecule has 0 aliphatic carbocycles. The van der Waals surface area contributed by atoms with E-state index in [0.29, 0.717) is 17.8 Å². The van der Waals surface area contributed by atoms with Gasteiger partial charge in [0.25, 0.3) is 0 Å². The second kappa shape index (κ2) is 8.27. The zero-order chi connectivity index (χ0) is 19.2. The molecule has 138 valence electrons. The lowest BCUT2D eigenvalue weighted by atomic mass is 10.0. The lowest BCUT2D eigenvalue weighted by Crippen LogP contribution is -2.38. The van der Waals surface area contributed by atoms with Crippen LogP contribution in [0.4, 0.5) is 5.69 Å². The van der Waals surface area contributed by atoms with Gasteiger partial charge in [0.2, 0.25) is 0 Å². The van der Waals surface area contributed by atoms with Crippen molar-refractivity contribution in [2.24, 2.45) is 7.05 Å². The van der Waals surface area contributed by atoms with Crippen molar-refractivity contribution in [2.45, 2.75) is 19.4 Å². The van der Waals surface area contributed by atoms with E-state index in [9.17, 15) is 9.59 Å². The average Bonchev–Trinajstić information content (AvgIpc) is 3.08. The van der Waals surface area contributed by atoms with Gasteiger partial charge < -0.3 is 10.6 Å². The van der Waals surface area contributed by atoms with Gasteiger partial charge in [-0.1, -0.05) is 35.9 Å². The van der Waals surface area contributed by atoms with E-state index in [1.165, 1.54) is 6.20 Å². The highest BCUT2D eigenvalue weighted by atomic mass is 16.2. The van der Waals surface area contributed by atoms with Crippen LogP contribution < -0.4 is 10.6 Å². The molecule has 2 N–H and O–H groups in total. The maximum absolute atomic E-state index is 12.4.